The highest BCUT2D eigenvalue weighted by atomic mass is 16.4. The third-order valence-electron chi connectivity index (χ3n) is 2.83. The number of carboxylic acid groups (broad SMARTS) is 1. The number of hydrogen-bond acceptors (Lipinski definition) is 5. The number of rotatable bonds is 4. The van der Waals surface area contributed by atoms with Crippen molar-refractivity contribution < 1.29 is 9.90 Å². The van der Waals surface area contributed by atoms with E-state index in [0.717, 1.165) is 11.3 Å². The maximum atomic E-state index is 11.1. The molecule has 19 heavy (non-hydrogen) atoms. The normalized spacial score (nSPS) is 11.5. The summed E-state index contributed by atoms with van der Waals surface area (Å²) in [7, 11) is 0. The second kappa shape index (κ2) is 4.75. The summed E-state index contributed by atoms with van der Waals surface area (Å²) in [5.41, 5.74) is 0.716. The van der Waals surface area contributed by atoms with Gasteiger partial charge in [0, 0.05) is 17.5 Å². The first-order chi connectivity index (χ1) is 8.90. The van der Waals surface area contributed by atoms with Crippen molar-refractivity contribution in [3.8, 4) is 11.4 Å². The zero-order chi connectivity index (χ0) is 14.0. The van der Waals surface area contributed by atoms with Gasteiger partial charge in [-0.2, -0.15) is 0 Å². The van der Waals surface area contributed by atoms with Crippen LogP contribution in [-0.4, -0.2) is 36.3 Å². The Morgan fingerprint density at radius 3 is 2.74 bits per heavy atom. The summed E-state index contributed by atoms with van der Waals surface area (Å²) in [5.74, 6) is -0.377. The van der Waals surface area contributed by atoms with Crippen LogP contribution >= 0.6 is 0 Å². The van der Waals surface area contributed by atoms with Crippen LogP contribution in [0.4, 0.5) is 0 Å². The largest absolute Gasteiger partial charge is 0.481 e. The molecule has 7 heteroatoms. The standard InChI is InChI=1S/C12H15N5O2/c1-8-4-5-9(6-13-8)10-14-15-16-17(10)7-12(2,3)11(18)19/h4-6H,7H2,1-3H3,(H,18,19). The van der Waals surface area contributed by atoms with Gasteiger partial charge in [-0.15, -0.1) is 5.10 Å². The van der Waals surface area contributed by atoms with Crippen LogP contribution in [0.5, 0.6) is 0 Å². The second-order valence-electron chi connectivity index (χ2n) is 5.04. The molecule has 0 unspecified atom stereocenters. The Bertz CT molecular complexity index is 588. The van der Waals surface area contributed by atoms with Gasteiger partial charge in [0.1, 0.15) is 0 Å². The average Bonchev–Trinajstić information content (AvgIpc) is 2.77. The molecule has 2 aromatic heterocycles. The minimum absolute atomic E-state index is 0.193. The molecule has 7 nitrogen and oxygen atoms in total. The molecular formula is C12H15N5O2. The number of nitrogens with zero attached hydrogens (tertiary/aromatic N) is 5. The van der Waals surface area contributed by atoms with E-state index in [1.54, 1.807) is 20.0 Å². The van der Waals surface area contributed by atoms with E-state index in [1.807, 2.05) is 19.1 Å². The highest BCUT2D eigenvalue weighted by molar-refractivity contribution is 5.73. The van der Waals surface area contributed by atoms with Crippen LogP contribution < -0.4 is 0 Å². The van der Waals surface area contributed by atoms with Crippen molar-refractivity contribution in [2.75, 3.05) is 0 Å². The lowest BCUT2D eigenvalue weighted by Crippen LogP contribution is -2.30. The predicted molar refractivity (Wildman–Crippen MR) is 67.2 cm³/mol. The number of pyridine rings is 1. The topological polar surface area (TPSA) is 93.8 Å². The highest BCUT2D eigenvalue weighted by Crippen LogP contribution is 2.21. The fraction of sp³-hybridized carbons (Fsp3) is 0.417. The lowest BCUT2D eigenvalue weighted by atomic mass is 9.94. The quantitative estimate of drug-likeness (QED) is 0.887. The molecule has 2 rings (SSSR count). The predicted octanol–water partition coefficient (Wildman–Crippen LogP) is 1.15. The Balaban J connectivity index is 2.33. The molecule has 0 saturated carbocycles. The van der Waals surface area contributed by atoms with Crippen molar-refractivity contribution in [1.29, 1.82) is 0 Å². The van der Waals surface area contributed by atoms with Gasteiger partial charge in [0.15, 0.2) is 5.82 Å². The van der Waals surface area contributed by atoms with E-state index in [-0.39, 0.29) is 6.54 Å². The summed E-state index contributed by atoms with van der Waals surface area (Å²) in [6.07, 6.45) is 1.67. The first-order valence-corrected chi connectivity index (χ1v) is 5.83. The Hall–Kier alpha value is -2.31. The third kappa shape index (κ3) is 2.75. The van der Waals surface area contributed by atoms with E-state index in [0.29, 0.717) is 5.82 Å². The SMILES string of the molecule is Cc1ccc(-c2nnnn2CC(C)(C)C(=O)O)cn1. The number of aliphatic carboxylic acids is 1. The van der Waals surface area contributed by atoms with Gasteiger partial charge in [0.2, 0.25) is 0 Å². The summed E-state index contributed by atoms with van der Waals surface area (Å²) in [6.45, 7) is 5.35. The number of hydrogen-bond donors (Lipinski definition) is 1. The van der Waals surface area contributed by atoms with Crippen molar-refractivity contribution in [1.82, 2.24) is 25.2 Å². The van der Waals surface area contributed by atoms with Gasteiger partial charge in [0.05, 0.1) is 12.0 Å². The molecular weight excluding hydrogens is 246 g/mol. The molecule has 0 amide bonds. The van der Waals surface area contributed by atoms with Gasteiger partial charge in [-0.3, -0.25) is 9.78 Å². The maximum Gasteiger partial charge on any atom is 0.310 e. The van der Waals surface area contributed by atoms with E-state index >= 15 is 0 Å². The van der Waals surface area contributed by atoms with Crippen LogP contribution in [0.2, 0.25) is 0 Å². The minimum atomic E-state index is -0.942. The molecule has 0 fully saturated rings. The van der Waals surface area contributed by atoms with E-state index in [2.05, 4.69) is 20.5 Å². The van der Waals surface area contributed by atoms with Crippen LogP contribution in [0.1, 0.15) is 19.5 Å². The summed E-state index contributed by atoms with van der Waals surface area (Å²) in [5, 5.41) is 20.5. The lowest BCUT2D eigenvalue weighted by Gasteiger charge is -2.18. The fourth-order valence-electron chi connectivity index (χ4n) is 1.56. The van der Waals surface area contributed by atoms with Gasteiger partial charge in [-0.05, 0) is 43.3 Å². The summed E-state index contributed by atoms with van der Waals surface area (Å²) in [4.78, 5) is 15.3. The first-order valence-electron chi connectivity index (χ1n) is 5.83. The van der Waals surface area contributed by atoms with E-state index in [4.69, 9.17) is 5.11 Å². The average molecular weight is 261 g/mol. The first kappa shape index (κ1) is 13.1. The van der Waals surface area contributed by atoms with Crippen LogP contribution in [0.3, 0.4) is 0 Å². The van der Waals surface area contributed by atoms with Crippen LogP contribution in [0, 0.1) is 12.3 Å². The van der Waals surface area contributed by atoms with Gasteiger partial charge in [-0.1, -0.05) is 0 Å². The molecule has 2 heterocycles. The summed E-state index contributed by atoms with van der Waals surface area (Å²) in [6, 6.07) is 3.72. The number of tetrazole rings is 1. The maximum absolute atomic E-state index is 11.1. The van der Waals surface area contributed by atoms with Crippen LogP contribution in [-0.2, 0) is 11.3 Å². The second-order valence-corrected chi connectivity index (χ2v) is 5.04. The van der Waals surface area contributed by atoms with Crippen molar-refractivity contribution >= 4 is 5.97 Å². The monoisotopic (exact) mass is 261 g/mol. The van der Waals surface area contributed by atoms with E-state index in [1.165, 1.54) is 4.68 Å². The van der Waals surface area contributed by atoms with Crippen LogP contribution in [0.25, 0.3) is 11.4 Å². The minimum Gasteiger partial charge on any atom is -0.481 e. The van der Waals surface area contributed by atoms with Crippen molar-refractivity contribution in [2.45, 2.75) is 27.3 Å². The molecule has 0 aliphatic heterocycles. The van der Waals surface area contributed by atoms with Crippen LogP contribution in [0.15, 0.2) is 18.3 Å². The van der Waals surface area contributed by atoms with Crippen molar-refractivity contribution in [2.24, 2.45) is 5.41 Å². The molecule has 0 bridgehead atoms. The Morgan fingerprint density at radius 1 is 1.42 bits per heavy atom. The molecule has 0 aliphatic rings. The lowest BCUT2D eigenvalue weighted by molar-refractivity contribution is -0.147. The zero-order valence-corrected chi connectivity index (χ0v) is 11.0. The van der Waals surface area contributed by atoms with E-state index < -0.39 is 11.4 Å². The van der Waals surface area contributed by atoms with Crippen molar-refractivity contribution in [3.63, 3.8) is 0 Å². The molecule has 0 radical (unpaired) electrons. The highest BCUT2D eigenvalue weighted by Gasteiger charge is 2.29. The molecule has 0 spiro atoms. The molecule has 2 aromatic rings. The van der Waals surface area contributed by atoms with E-state index in [9.17, 15) is 4.79 Å². The number of carboxylic acids is 1. The van der Waals surface area contributed by atoms with Crippen molar-refractivity contribution in [3.05, 3.63) is 24.0 Å². The Labute approximate surface area is 110 Å². The molecule has 1 N–H and O–H groups in total. The van der Waals surface area contributed by atoms with Gasteiger partial charge in [0.25, 0.3) is 0 Å². The zero-order valence-electron chi connectivity index (χ0n) is 11.0. The van der Waals surface area contributed by atoms with Gasteiger partial charge in [-0.25, -0.2) is 4.68 Å². The molecule has 0 aliphatic carbocycles. The molecule has 0 aromatic carbocycles. The Morgan fingerprint density at radius 2 is 2.16 bits per heavy atom. The Kier molecular flexibility index (Phi) is 3.28. The summed E-state index contributed by atoms with van der Waals surface area (Å²) < 4.78 is 1.49. The molecule has 0 atom stereocenters. The fourth-order valence-corrected chi connectivity index (χ4v) is 1.56. The molecule has 0 saturated heterocycles. The smallest absolute Gasteiger partial charge is 0.310 e. The number of aromatic nitrogens is 5. The number of carbonyl (C=O) groups is 1. The summed E-state index contributed by atoms with van der Waals surface area (Å²) >= 11 is 0. The molecule has 100 valence electrons. The number of aryl methyl sites for hydroxylation is 1. The third-order valence-corrected chi connectivity index (χ3v) is 2.83. The van der Waals surface area contributed by atoms with Gasteiger partial charge >= 0.3 is 5.97 Å². The van der Waals surface area contributed by atoms with Gasteiger partial charge < -0.3 is 5.11 Å².